The Bertz CT molecular complexity index is 606. The number of halogens is 1. The van der Waals surface area contributed by atoms with Gasteiger partial charge in [-0.25, -0.2) is 21.2 Å². The molecule has 0 fully saturated rings. The highest BCUT2D eigenvalue weighted by atomic mass is 32.2. The molecule has 0 aliphatic rings. The first-order chi connectivity index (χ1) is 8.28. The van der Waals surface area contributed by atoms with E-state index in [0.717, 1.165) is 12.1 Å². The molecule has 7 heteroatoms. The van der Waals surface area contributed by atoms with Crippen molar-refractivity contribution in [1.29, 1.82) is 0 Å². The van der Waals surface area contributed by atoms with Crippen LogP contribution in [-0.4, -0.2) is 34.1 Å². The van der Waals surface area contributed by atoms with Gasteiger partial charge in [0, 0.05) is 5.75 Å². The van der Waals surface area contributed by atoms with Crippen LogP contribution in [0.5, 0.6) is 0 Å². The van der Waals surface area contributed by atoms with E-state index in [0.29, 0.717) is 6.42 Å². The zero-order valence-electron chi connectivity index (χ0n) is 9.97. The average molecular weight is 294 g/mol. The molecular weight excluding hydrogens is 279 g/mol. The fourth-order valence-electron chi connectivity index (χ4n) is 1.46. The molecule has 1 aromatic carbocycles. The Morgan fingerprint density at radius 3 is 2.17 bits per heavy atom. The van der Waals surface area contributed by atoms with E-state index in [1.54, 1.807) is 6.92 Å². The highest BCUT2D eigenvalue weighted by Crippen LogP contribution is 2.15. The number of rotatable bonds is 6. The highest BCUT2D eigenvalue weighted by molar-refractivity contribution is 7.95. The van der Waals surface area contributed by atoms with E-state index in [2.05, 4.69) is 0 Å². The maximum atomic E-state index is 13.3. The van der Waals surface area contributed by atoms with E-state index in [1.165, 1.54) is 12.1 Å². The minimum atomic E-state index is -3.90. The molecule has 0 spiro atoms. The van der Waals surface area contributed by atoms with Gasteiger partial charge in [-0.1, -0.05) is 19.1 Å². The molecule has 0 radical (unpaired) electrons. The summed E-state index contributed by atoms with van der Waals surface area (Å²) in [7, 11) is -7.28. The van der Waals surface area contributed by atoms with E-state index in [9.17, 15) is 21.2 Å². The van der Waals surface area contributed by atoms with Crippen molar-refractivity contribution in [1.82, 2.24) is 0 Å². The van der Waals surface area contributed by atoms with E-state index in [4.69, 9.17) is 0 Å². The van der Waals surface area contributed by atoms with Crippen LogP contribution in [0, 0.1) is 5.82 Å². The average Bonchev–Trinajstić information content (AvgIpc) is 2.27. The second kappa shape index (κ2) is 5.79. The molecule has 0 aliphatic carbocycles. The molecule has 0 amide bonds. The number of hydrogen-bond acceptors (Lipinski definition) is 4. The van der Waals surface area contributed by atoms with Gasteiger partial charge in [0.05, 0.1) is 11.5 Å². The minimum Gasteiger partial charge on any atom is -0.229 e. The summed E-state index contributed by atoms with van der Waals surface area (Å²) in [5.41, 5.74) is 0. The van der Waals surface area contributed by atoms with Crippen molar-refractivity contribution in [3.8, 4) is 0 Å². The Morgan fingerprint density at radius 1 is 1.00 bits per heavy atom. The molecule has 0 N–H and O–H groups in total. The number of sulfone groups is 2. The SMILES string of the molecule is CCCS(=O)(=O)CCS(=O)(=O)c1ccccc1F. The van der Waals surface area contributed by atoms with Gasteiger partial charge in [0.1, 0.15) is 10.7 Å². The Hall–Kier alpha value is -0.950. The van der Waals surface area contributed by atoms with Crippen LogP contribution in [0.25, 0.3) is 0 Å². The summed E-state index contributed by atoms with van der Waals surface area (Å²) < 4.78 is 59.8. The van der Waals surface area contributed by atoms with Crippen LogP contribution in [0.4, 0.5) is 4.39 Å². The molecule has 0 saturated carbocycles. The van der Waals surface area contributed by atoms with Crippen LogP contribution in [0.1, 0.15) is 13.3 Å². The second-order valence-corrected chi connectivity index (χ2v) is 8.28. The summed E-state index contributed by atoms with van der Waals surface area (Å²) in [4.78, 5) is -0.448. The molecule has 4 nitrogen and oxygen atoms in total. The lowest BCUT2D eigenvalue weighted by Gasteiger charge is -2.06. The minimum absolute atomic E-state index is 0.0558. The van der Waals surface area contributed by atoms with E-state index in [-0.39, 0.29) is 5.75 Å². The molecule has 1 aromatic rings. The molecular formula is C11H15FO4S2. The third-order valence-corrected chi connectivity index (χ3v) is 6.21. The maximum Gasteiger partial charge on any atom is 0.182 e. The van der Waals surface area contributed by atoms with E-state index >= 15 is 0 Å². The Labute approximate surface area is 107 Å². The van der Waals surface area contributed by atoms with Crippen LogP contribution >= 0.6 is 0 Å². The fraction of sp³-hybridized carbons (Fsp3) is 0.455. The summed E-state index contributed by atoms with van der Waals surface area (Å²) in [5, 5.41) is 0. The zero-order chi connectivity index (χ0) is 13.8. The van der Waals surface area contributed by atoms with Gasteiger partial charge in [0.15, 0.2) is 19.7 Å². The summed E-state index contributed by atoms with van der Waals surface area (Å²) >= 11 is 0. The normalized spacial score (nSPS) is 12.6. The molecule has 0 bridgehead atoms. The molecule has 18 heavy (non-hydrogen) atoms. The predicted molar refractivity (Wildman–Crippen MR) is 67.4 cm³/mol. The van der Waals surface area contributed by atoms with Crippen molar-refractivity contribution in [2.75, 3.05) is 17.3 Å². The van der Waals surface area contributed by atoms with E-state index < -0.39 is 41.9 Å². The maximum absolute atomic E-state index is 13.3. The van der Waals surface area contributed by atoms with Crippen LogP contribution in [0.15, 0.2) is 29.2 Å². The summed E-state index contributed by atoms with van der Waals surface area (Å²) in [5.74, 6) is -1.97. The quantitative estimate of drug-likeness (QED) is 0.796. The fourth-order valence-corrected chi connectivity index (χ4v) is 5.05. The lowest BCUT2D eigenvalue weighted by molar-refractivity contribution is 0.565. The van der Waals surface area contributed by atoms with Gasteiger partial charge in [-0.05, 0) is 18.6 Å². The van der Waals surface area contributed by atoms with Crippen molar-refractivity contribution in [2.24, 2.45) is 0 Å². The largest absolute Gasteiger partial charge is 0.229 e. The van der Waals surface area contributed by atoms with Gasteiger partial charge in [-0.2, -0.15) is 0 Å². The molecule has 0 heterocycles. The standard InChI is InChI=1S/C11H15FO4S2/c1-2-7-17(13,14)8-9-18(15,16)11-6-4-3-5-10(11)12/h3-6H,2,7-9H2,1H3. The predicted octanol–water partition coefficient (Wildman–Crippen LogP) is 1.42. The third kappa shape index (κ3) is 4.06. The second-order valence-electron chi connectivity index (χ2n) is 3.90. The van der Waals surface area contributed by atoms with E-state index in [1.807, 2.05) is 0 Å². The van der Waals surface area contributed by atoms with Crippen molar-refractivity contribution >= 4 is 19.7 Å². The van der Waals surface area contributed by atoms with Gasteiger partial charge in [0.2, 0.25) is 0 Å². The van der Waals surface area contributed by atoms with Gasteiger partial charge >= 0.3 is 0 Å². The monoisotopic (exact) mass is 294 g/mol. The Kier molecular flexibility index (Phi) is 4.86. The lowest BCUT2D eigenvalue weighted by atomic mass is 10.3. The van der Waals surface area contributed by atoms with Gasteiger partial charge in [0.25, 0.3) is 0 Å². The Balaban J connectivity index is 2.88. The van der Waals surface area contributed by atoms with Crippen molar-refractivity contribution in [3.05, 3.63) is 30.1 Å². The molecule has 102 valence electrons. The van der Waals surface area contributed by atoms with Crippen LogP contribution in [0.2, 0.25) is 0 Å². The first-order valence-electron chi connectivity index (χ1n) is 5.46. The van der Waals surface area contributed by atoms with Crippen molar-refractivity contribution < 1.29 is 21.2 Å². The van der Waals surface area contributed by atoms with Gasteiger partial charge < -0.3 is 0 Å². The summed E-state index contributed by atoms with van der Waals surface area (Å²) in [6.45, 7) is 1.70. The number of hydrogen-bond donors (Lipinski definition) is 0. The lowest BCUT2D eigenvalue weighted by Crippen LogP contribution is -2.20. The molecule has 0 aromatic heterocycles. The van der Waals surface area contributed by atoms with Crippen LogP contribution in [0.3, 0.4) is 0 Å². The first kappa shape index (κ1) is 15.1. The highest BCUT2D eigenvalue weighted by Gasteiger charge is 2.21. The van der Waals surface area contributed by atoms with Crippen molar-refractivity contribution in [2.45, 2.75) is 18.2 Å². The molecule has 0 atom stereocenters. The van der Waals surface area contributed by atoms with Gasteiger partial charge in [-0.15, -0.1) is 0 Å². The first-order valence-corrected chi connectivity index (χ1v) is 8.93. The van der Waals surface area contributed by atoms with Crippen LogP contribution < -0.4 is 0 Å². The Morgan fingerprint density at radius 2 is 1.61 bits per heavy atom. The summed E-state index contributed by atoms with van der Waals surface area (Å²) in [6, 6.07) is 4.95. The van der Waals surface area contributed by atoms with Crippen LogP contribution in [-0.2, 0) is 19.7 Å². The molecule has 0 aliphatic heterocycles. The molecule has 1 rings (SSSR count). The molecule has 0 unspecified atom stereocenters. The smallest absolute Gasteiger partial charge is 0.182 e. The zero-order valence-corrected chi connectivity index (χ0v) is 11.6. The van der Waals surface area contributed by atoms with Gasteiger partial charge in [-0.3, -0.25) is 0 Å². The molecule has 0 saturated heterocycles. The third-order valence-electron chi connectivity index (χ3n) is 2.35. The van der Waals surface area contributed by atoms with Crippen molar-refractivity contribution in [3.63, 3.8) is 0 Å². The summed E-state index contributed by atoms with van der Waals surface area (Å²) in [6.07, 6.45) is 0.433. The topological polar surface area (TPSA) is 68.3 Å². The number of benzene rings is 1.